The van der Waals surface area contributed by atoms with Crippen LogP contribution in [0, 0.1) is 0 Å². The van der Waals surface area contributed by atoms with Crippen LogP contribution in [-0.4, -0.2) is 33.4 Å². The smallest absolute Gasteiger partial charge is 0.277 e. The van der Waals surface area contributed by atoms with Gasteiger partial charge in [0.2, 0.25) is 0 Å². The highest BCUT2D eigenvalue weighted by molar-refractivity contribution is 6.66. The van der Waals surface area contributed by atoms with E-state index in [9.17, 15) is 19.2 Å². The highest BCUT2D eigenvalue weighted by atomic mass is 16.2. The number of hydrogen-bond donors (Lipinski definition) is 0. The van der Waals surface area contributed by atoms with E-state index in [1.165, 1.54) is 0 Å². The van der Waals surface area contributed by atoms with Crippen molar-refractivity contribution in [2.75, 3.05) is 0 Å². The van der Waals surface area contributed by atoms with Gasteiger partial charge in [0.15, 0.2) is 0 Å². The van der Waals surface area contributed by atoms with Crippen molar-refractivity contribution in [1.82, 2.24) is 9.80 Å². The maximum absolute atomic E-state index is 11.3. The van der Waals surface area contributed by atoms with Gasteiger partial charge in [-0.05, 0) is 0 Å². The quantitative estimate of drug-likeness (QED) is 0.562. The van der Waals surface area contributed by atoms with Gasteiger partial charge in [-0.15, -0.1) is 0 Å². The van der Waals surface area contributed by atoms with E-state index < -0.39 is 23.6 Å². The van der Waals surface area contributed by atoms with E-state index in [-0.39, 0.29) is 0 Å². The Bertz CT molecular complexity index is 340. The molecule has 1 fully saturated rings. The van der Waals surface area contributed by atoms with Crippen LogP contribution < -0.4 is 0 Å². The highest BCUT2D eigenvalue weighted by Gasteiger charge is 2.42. The molecular formula is C8H6N2O4. The third-order valence-electron chi connectivity index (χ3n) is 1.60. The van der Waals surface area contributed by atoms with Crippen molar-refractivity contribution in [3.05, 3.63) is 25.6 Å². The van der Waals surface area contributed by atoms with Gasteiger partial charge in [-0.2, -0.15) is 0 Å². The molecule has 0 N–H and O–H groups in total. The summed E-state index contributed by atoms with van der Waals surface area (Å²) in [6, 6.07) is -0.954. The molecule has 0 aliphatic carbocycles. The van der Waals surface area contributed by atoms with Crippen molar-refractivity contribution in [3.8, 4) is 0 Å². The summed E-state index contributed by atoms with van der Waals surface area (Å²) >= 11 is 0. The number of urea groups is 1. The Labute approximate surface area is 79.1 Å². The fourth-order valence-corrected chi connectivity index (χ4v) is 0.922. The molecule has 72 valence electrons. The van der Waals surface area contributed by atoms with Crippen molar-refractivity contribution in [2.24, 2.45) is 0 Å². The van der Waals surface area contributed by atoms with Crippen LogP contribution in [0.25, 0.3) is 0 Å². The number of rotatable bonds is 2. The van der Waals surface area contributed by atoms with Gasteiger partial charge in [-0.3, -0.25) is 14.4 Å². The average molecular weight is 194 g/mol. The fraction of sp³-hybridized carbons (Fsp3) is 0. The van der Waals surface area contributed by atoms with Gasteiger partial charge in [0, 0.05) is 12.4 Å². The monoisotopic (exact) mass is 194 g/mol. The lowest BCUT2D eigenvalue weighted by molar-refractivity contribution is -0.152. The third kappa shape index (κ3) is 1.13. The first kappa shape index (κ1) is 9.85. The van der Waals surface area contributed by atoms with E-state index in [1.807, 2.05) is 0 Å². The van der Waals surface area contributed by atoms with Crippen molar-refractivity contribution < 1.29 is 19.2 Å². The number of nitrogens with zero attached hydrogens (tertiary/aromatic N) is 2. The van der Waals surface area contributed by atoms with Gasteiger partial charge in [-0.25, -0.2) is 14.6 Å². The molecule has 0 unspecified atom stereocenters. The number of imide groups is 2. The average Bonchev–Trinajstić information content (AvgIpc) is 2.16. The number of carbonyl (C=O) groups excluding carboxylic acids is 4. The number of barbiturate groups is 1. The maximum Gasteiger partial charge on any atom is 0.342 e. The lowest BCUT2D eigenvalue weighted by atomic mass is 10.2. The lowest BCUT2D eigenvalue weighted by Crippen LogP contribution is -2.56. The Balaban J connectivity index is 3.19. The summed E-state index contributed by atoms with van der Waals surface area (Å²) in [6.07, 6.45) is 1.73. The number of Topliss-reactive ketones (excluding diaryl/α,β-unsaturated/α-hetero) is 1. The van der Waals surface area contributed by atoms with Crippen LogP contribution in [0.4, 0.5) is 4.79 Å². The van der Waals surface area contributed by atoms with Crippen LogP contribution in [0.5, 0.6) is 0 Å². The Kier molecular flexibility index (Phi) is 2.29. The molecule has 6 nitrogen and oxygen atoms in total. The van der Waals surface area contributed by atoms with Gasteiger partial charge in [-0.1, -0.05) is 13.2 Å². The summed E-state index contributed by atoms with van der Waals surface area (Å²) in [4.78, 5) is 45.2. The normalized spacial score (nSPS) is 17.4. The Morgan fingerprint density at radius 1 is 0.857 bits per heavy atom. The Morgan fingerprint density at radius 3 is 1.50 bits per heavy atom. The van der Waals surface area contributed by atoms with Crippen LogP contribution in [0.1, 0.15) is 0 Å². The van der Waals surface area contributed by atoms with Gasteiger partial charge < -0.3 is 0 Å². The maximum atomic E-state index is 11.3. The molecule has 1 heterocycles. The van der Waals surface area contributed by atoms with Gasteiger partial charge in [0.25, 0.3) is 0 Å². The minimum absolute atomic E-state index is 0.450. The number of hydrogen-bond acceptors (Lipinski definition) is 4. The van der Waals surface area contributed by atoms with E-state index in [2.05, 4.69) is 13.2 Å². The first-order valence-electron chi connectivity index (χ1n) is 3.54. The molecule has 0 radical (unpaired) electrons. The standard InChI is InChI=1S/C8H6N2O4/c1-3-9-6(12)5(11)7(13)10(4-2)8(9)14/h3-4H,1-2H2. The van der Waals surface area contributed by atoms with E-state index in [0.717, 1.165) is 12.4 Å². The second-order valence-electron chi connectivity index (χ2n) is 2.33. The van der Waals surface area contributed by atoms with E-state index in [1.54, 1.807) is 0 Å². The van der Waals surface area contributed by atoms with Crippen molar-refractivity contribution in [1.29, 1.82) is 0 Å². The first-order valence-corrected chi connectivity index (χ1v) is 3.54. The van der Waals surface area contributed by atoms with Gasteiger partial charge in [0.1, 0.15) is 0 Å². The largest absolute Gasteiger partial charge is 0.342 e. The fourth-order valence-electron chi connectivity index (χ4n) is 0.922. The molecule has 1 rings (SSSR count). The van der Waals surface area contributed by atoms with Crippen LogP contribution in [-0.2, 0) is 14.4 Å². The number of carbonyl (C=O) groups is 4. The molecule has 1 aliphatic heterocycles. The molecule has 4 amide bonds. The summed E-state index contributed by atoms with van der Waals surface area (Å²) in [5, 5.41) is 0. The molecule has 6 heteroatoms. The third-order valence-corrected chi connectivity index (χ3v) is 1.60. The molecule has 0 bridgehead atoms. The second kappa shape index (κ2) is 3.25. The molecular weight excluding hydrogens is 188 g/mol. The van der Waals surface area contributed by atoms with Crippen molar-refractivity contribution in [2.45, 2.75) is 0 Å². The van der Waals surface area contributed by atoms with Crippen LogP contribution in [0.3, 0.4) is 0 Å². The number of amides is 4. The van der Waals surface area contributed by atoms with E-state index in [0.29, 0.717) is 9.80 Å². The molecule has 1 saturated heterocycles. The van der Waals surface area contributed by atoms with Crippen LogP contribution in [0.2, 0.25) is 0 Å². The molecule has 0 aromatic rings. The van der Waals surface area contributed by atoms with Gasteiger partial charge in [0.05, 0.1) is 0 Å². The highest BCUT2D eigenvalue weighted by Crippen LogP contribution is 2.09. The first-order chi connectivity index (χ1) is 6.54. The summed E-state index contributed by atoms with van der Waals surface area (Å²) in [7, 11) is 0. The molecule has 1 aliphatic rings. The van der Waals surface area contributed by atoms with E-state index in [4.69, 9.17) is 0 Å². The zero-order valence-electron chi connectivity index (χ0n) is 7.10. The summed E-state index contributed by atoms with van der Waals surface area (Å²) < 4.78 is 0. The summed E-state index contributed by atoms with van der Waals surface area (Å²) in [5.74, 6) is -3.69. The Hall–Kier alpha value is -2.24. The zero-order valence-corrected chi connectivity index (χ0v) is 7.10. The summed E-state index contributed by atoms with van der Waals surface area (Å²) in [6.45, 7) is 6.35. The predicted octanol–water partition coefficient (Wildman–Crippen LogP) is -0.367. The van der Waals surface area contributed by atoms with Crippen molar-refractivity contribution >= 4 is 23.6 Å². The van der Waals surface area contributed by atoms with Gasteiger partial charge >= 0.3 is 23.6 Å². The Morgan fingerprint density at radius 2 is 1.21 bits per heavy atom. The number of ketones is 1. The minimum atomic E-state index is -1.29. The zero-order chi connectivity index (χ0) is 10.9. The van der Waals surface area contributed by atoms with Crippen LogP contribution >= 0.6 is 0 Å². The molecule has 0 saturated carbocycles. The van der Waals surface area contributed by atoms with E-state index >= 15 is 0 Å². The minimum Gasteiger partial charge on any atom is -0.277 e. The van der Waals surface area contributed by atoms with Crippen molar-refractivity contribution in [3.63, 3.8) is 0 Å². The molecule has 0 atom stereocenters. The second-order valence-corrected chi connectivity index (χ2v) is 2.33. The SMILES string of the molecule is C=CN1C(=O)C(=O)C(=O)N(C=C)C1=O. The molecule has 14 heavy (non-hydrogen) atoms. The summed E-state index contributed by atoms with van der Waals surface area (Å²) in [5.41, 5.74) is 0. The molecule has 0 aromatic heterocycles. The molecule has 0 spiro atoms. The topological polar surface area (TPSA) is 74.8 Å². The van der Waals surface area contributed by atoms with Crippen LogP contribution in [0.15, 0.2) is 25.6 Å². The predicted molar refractivity (Wildman–Crippen MR) is 44.5 cm³/mol. The molecule has 0 aromatic carbocycles. The lowest BCUT2D eigenvalue weighted by Gasteiger charge is -2.26.